The van der Waals surface area contributed by atoms with Gasteiger partial charge in [0.2, 0.25) is 0 Å². The van der Waals surface area contributed by atoms with Crippen LogP contribution in [-0.2, 0) is 0 Å². The Balaban J connectivity index is 2.22. The van der Waals surface area contributed by atoms with Crippen molar-refractivity contribution in [3.05, 3.63) is 58.6 Å². The largest absolute Gasteiger partial charge is 0.508 e. The first-order valence-corrected chi connectivity index (χ1v) is 6.96. The topological polar surface area (TPSA) is 61.4 Å². The average molecular weight is 305 g/mol. The Hall–Kier alpha value is -2.20. The van der Waals surface area contributed by atoms with E-state index in [0.29, 0.717) is 16.3 Å². The molecule has 0 fully saturated rings. The van der Waals surface area contributed by atoms with E-state index in [0.717, 1.165) is 5.56 Å². The molecular formula is C16H17ClN2O2. The van der Waals surface area contributed by atoms with Crippen LogP contribution in [0.25, 0.3) is 0 Å². The number of halogens is 1. The fourth-order valence-electron chi connectivity index (χ4n) is 2.00. The molecule has 0 saturated heterocycles. The number of aromatic hydroxyl groups is 1. The molecule has 0 aliphatic heterocycles. The number of anilines is 1. The highest BCUT2D eigenvalue weighted by Gasteiger charge is 2.11. The van der Waals surface area contributed by atoms with Crippen LogP contribution >= 0.6 is 11.6 Å². The van der Waals surface area contributed by atoms with E-state index in [1.807, 2.05) is 19.1 Å². The van der Waals surface area contributed by atoms with E-state index in [1.165, 1.54) is 0 Å². The van der Waals surface area contributed by atoms with E-state index < -0.39 is 0 Å². The smallest absolute Gasteiger partial charge is 0.251 e. The van der Waals surface area contributed by atoms with Crippen molar-refractivity contribution in [3.63, 3.8) is 0 Å². The van der Waals surface area contributed by atoms with Crippen molar-refractivity contribution in [2.24, 2.45) is 0 Å². The second kappa shape index (κ2) is 6.50. The first-order chi connectivity index (χ1) is 10.0. The number of carbonyl (C=O) groups excluding carboxylic acids is 1. The van der Waals surface area contributed by atoms with Crippen LogP contribution < -0.4 is 10.6 Å². The van der Waals surface area contributed by atoms with Gasteiger partial charge >= 0.3 is 0 Å². The van der Waals surface area contributed by atoms with Crippen molar-refractivity contribution in [2.45, 2.75) is 13.0 Å². The number of phenolic OH excluding ortho intramolecular Hbond substituents is 1. The van der Waals surface area contributed by atoms with Crippen LogP contribution in [0.15, 0.2) is 42.5 Å². The number of nitrogens with one attached hydrogen (secondary N) is 2. The van der Waals surface area contributed by atoms with Crippen molar-refractivity contribution in [3.8, 4) is 5.75 Å². The highest BCUT2D eigenvalue weighted by Crippen LogP contribution is 2.28. The Morgan fingerprint density at radius 2 is 1.86 bits per heavy atom. The minimum Gasteiger partial charge on any atom is -0.508 e. The lowest BCUT2D eigenvalue weighted by atomic mass is 10.1. The van der Waals surface area contributed by atoms with Gasteiger partial charge in [-0.05, 0) is 42.8 Å². The highest BCUT2D eigenvalue weighted by molar-refractivity contribution is 6.33. The Labute approximate surface area is 128 Å². The van der Waals surface area contributed by atoms with Gasteiger partial charge in [-0.15, -0.1) is 0 Å². The standard InChI is InChI=1S/C16H17ClN2O2/c1-10(11-3-6-13(20)7-4-11)19-15-9-12(16(21)18-2)5-8-14(15)17/h3-10,19-20H,1-2H3,(H,18,21). The fraction of sp³-hybridized carbons (Fsp3) is 0.188. The van der Waals surface area contributed by atoms with Gasteiger partial charge in [-0.2, -0.15) is 0 Å². The SMILES string of the molecule is CNC(=O)c1ccc(Cl)c(NC(C)c2ccc(O)cc2)c1. The molecule has 0 aromatic heterocycles. The predicted octanol–water partition coefficient (Wildman–Crippen LogP) is 3.58. The number of phenols is 1. The lowest BCUT2D eigenvalue weighted by Crippen LogP contribution is -2.18. The zero-order valence-corrected chi connectivity index (χ0v) is 12.6. The van der Waals surface area contributed by atoms with Crippen molar-refractivity contribution in [1.29, 1.82) is 0 Å². The molecule has 110 valence electrons. The summed E-state index contributed by atoms with van der Waals surface area (Å²) in [7, 11) is 1.59. The van der Waals surface area contributed by atoms with E-state index in [2.05, 4.69) is 10.6 Å². The zero-order chi connectivity index (χ0) is 15.4. The van der Waals surface area contributed by atoms with Gasteiger partial charge in [0.05, 0.1) is 10.7 Å². The van der Waals surface area contributed by atoms with E-state index in [-0.39, 0.29) is 17.7 Å². The molecule has 1 amide bonds. The predicted molar refractivity (Wildman–Crippen MR) is 85.0 cm³/mol. The van der Waals surface area contributed by atoms with Gasteiger partial charge in [-0.3, -0.25) is 4.79 Å². The van der Waals surface area contributed by atoms with Crippen LogP contribution in [0.3, 0.4) is 0 Å². The summed E-state index contributed by atoms with van der Waals surface area (Å²) < 4.78 is 0. The lowest BCUT2D eigenvalue weighted by molar-refractivity contribution is 0.0963. The van der Waals surface area contributed by atoms with Gasteiger partial charge in [0, 0.05) is 18.7 Å². The van der Waals surface area contributed by atoms with Crippen molar-refractivity contribution < 1.29 is 9.90 Å². The third-order valence-corrected chi connectivity index (χ3v) is 3.55. The van der Waals surface area contributed by atoms with Gasteiger partial charge < -0.3 is 15.7 Å². The van der Waals surface area contributed by atoms with E-state index >= 15 is 0 Å². The molecule has 1 atom stereocenters. The van der Waals surface area contributed by atoms with Crippen molar-refractivity contribution >= 4 is 23.2 Å². The molecule has 21 heavy (non-hydrogen) atoms. The number of carbonyl (C=O) groups is 1. The van der Waals surface area contributed by atoms with Crippen LogP contribution in [0.1, 0.15) is 28.9 Å². The van der Waals surface area contributed by atoms with Crippen LogP contribution in [0.5, 0.6) is 5.75 Å². The van der Waals surface area contributed by atoms with Gasteiger partial charge in [-0.1, -0.05) is 23.7 Å². The molecule has 2 aromatic rings. The van der Waals surface area contributed by atoms with E-state index in [9.17, 15) is 9.90 Å². The molecular weight excluding hydrogens is 288 g/mol. The summed E-state index contributed by atoms with van der Waals surface area (Å²) >= 11 is 6.17. The van der Waals surface area contributed by atoms with Gasteiger partial charge in [0.15, 0.2) is 0 Å². The number of amides is 1. The van der Waals surface area contributed by atoms with Gasteiger partial charge in [-0.25, -0.2) is 0 Å². The molecule has 0 saturated carbocycles. The fourth-order valence-corrected chi connectivity index (χ4v) is 2.17. The molecule has 0 aliphatic rings. The number of rotatable bonds is 4. The molecule has 4 nitrogen and oxygen atoms in total. The molecule has 2 aromatic carbocycles. The Morgan fingerprint density at radius 1 is 1.19 bits per heavy atom. The maximum absolute atomic E-state index is 11.7. The lowest BCUT2D eigenvalue weighted by Gasteiger charge is -2.17. The zero-order valence-electron chi connectivity index (χ0n) is 11.9. The number of hydrogen-bond acceptors (Lipinski definition) is 3. The first kappa shape index (κ1) is 15.2. The molecule has 0 aliphatic carbocycles. The van der Waals surface area contributed by atoms with Crippen LogP contribution in [0.2, 0.25) is 5.02 Å². The normalized spacial score (nSPS) is 11.8. The summed E-state index contributed by atoms with van der Waals surface area (Å²) in [4.78, 5) is 11.7. The Morgan fingerprint density at radius 3 is 2.48 bits per heavy atom. The maximum atomic E-state index is 11.7. The molecule has 0 heterocycles. The number of benzene rings is 2. The van der Waals surface area contributed by atoms with Crippen LogP contribution in [0.4, 0.5) is 5.69 Å². The highest BCUT2D eigenvalue weighted by atomic mass is 35.5. The molecule has 3 N–H and O–H groups in total. The summed E-state index contributed by atoms with van der Waals surface area (Å²) in [6.07, 6.45) is 0. The maximum Gasteiger partial charge on any atom is 0.251 e. The monoisotopic (exact) mass is 304 g/mol. The summed E-state index contributed by atoms with van der Waals surface area (Å²) in [6.45, 7) is 1.98. The Bertz CT molecular complexity index is 641. The minimum absolute atomic E-state index is 0.0111. The van der Waals surface area contributed by atoms with Crippen molar-refractivity contribution in [1.82, 2.24) is 5.32 Å². The van der Waals surface area contributed by atoms with Gasteiger partial charge in [0.1, 0.15) is 5.75 Å². The van der Waals surface area contributed by atoms with Crippen LogP contribution in [0, 0.1) is 0 Å². The molecule has 5 heteroatoms. The number of hydrogen-bond donors (Lipinski definition) is 3. The molecule has 0 spiro atoms. The average Bonchev–Trinajstić information content (AvgIpc) is 2.49. The van der Waals surface area contributed by atoms with Crippen molar-refractivity contribution in [2.75, 3.05) is 12.4 Å². The third kappa shape index (κ3) is 3.67. The summed E-state index contributed by atoms with van der Waals surface area (Å²) in [5.41, 5.74) is 2.25. The summed E-state index contributed by atoms with van der Waals surface area (Å²) in [5, 5.41) is 15.7. The summed E-state index contributed by atoms with van der Waals surface area (Å²) in [6, 6.07) is 12.0. The first-order valence-electron chi connectivity index (χ1n) is 6.58. The minimum atomic E-state index is -0.160. The summed E-state index contributed by atoms with van der Waals surface area (Å²) in [5.74, 6) is 0.0672. The quantitative estimate of drug-likeness (QED) is 0.809. The van der Waals surface area contributed by atoms with Gasteiger partial charge in [0.25, 0.3) is 5.91 Å². The van der Waals surface area contributed by atoms with E-state index in [1.54, 1.807) is 37.4 Å². The van der Waals surface area contributed by atoms with Crippen LogP contribution in [-0.4, -0.2) is 18.1 Å². The second-order valence-corrected chi connectivity index (χ2v) is 5.14. The Kier molecular flexibility index (Phi) is 4.70. The molecule has 2 rings (SSSR count). The molecule has 0 bridgehead atoms. The molecule has 0 radical (unpaired) electrons. The third-order valence-electron chi connectivity index (χ3n) is 3.22. The second-order valence-electron chi connectivity index (χ2n) is 4.73. The van der Waals surface area contributed by atoms with E-state index in [4.69, 9.17) is 11.6 Å². The molecule has 1 unspecified atom stereocenters.